The van der Waals surface area contributed by atoms with Gasteiger partial charge in [-0.25, -0.2) is 4.79 Å². The van der Waals surface area contributed by atoms with Crippen LogP contribution in [0, 0.1) is 0 Å². The highest BCUT2D eigenvalue weighted by Crippen LogP contribution is 2.27. The van der Waals surface area contributed by atoms with Crippen LogP contribution >= 0.6 is 12.6 Å². The highest BCUT2D eigenvalue weighted by atomic mass is 32.1. The smallest absolute Gasteiger partial charge is 0.408 e. The molecule has 0 aromatic heterocycles. The standard InChI is InChI=1S/C33H49N3O5S/c1-7-9-10-11-12-13-22-36(31(38)28(23-42)35-32(39)41-33(3,4)5)29(25-16-14-24(8-2)15-17-25)30(37)34-26-18-20-27(40-6)21-19-26/h14-21,28-29,42H,7-13,22-23H2,1-6H3,(H,34,37)(H,35,39). The van der Waals surface area contributed by atoms with Crippen LogP contribution in [0.2, 0.25) is 0 Å². The van der Waals surface area contributed by atoms with E-state index in [-0.39, 0.29) is 17.6 Å². The molecule has 2 unspecified atom stereocenters. The van der Waals surface area contributed by atoms with Crippen LogP contribution in [0.4, 0.5) is 10.5 Å². The SMILES string of the molecule is CCCCCCCCN(C(=O)C(CS)NC(=O)OC(C)(C)C)C(C(=O)Nc1ccc(OC)cc1)c1ccc(CC)cc1. The molecule has 0 saturated heterocycles. The van der Waals surface area contributed by atoms with E-state index in [0.717, 1.165) is 44.1 Å². The normalized spacial score (nSPS) is 12.6. The van der Waals surface area contributed by atoms with Crippen LogP contribution in [0.5, 0.6) is 5.75 Å². The van der Waals surface area contributed by atoms with Gasteiger partial charge >= 0.3 is 6.09 Å². The Morgan fingerprint density at radius 2 is 1.52 bits per heavy atom. The molecule has 42 heavy (non-hydrogen) atoms. The Kier molecular flexibility index (Phi) is 14.7. The lowest BCUT2D eigenvalue weighted by molar-refractivity contribution is -0.140. The number of nitrogens with zero attached hydrogens (tertiary/aromatic N) is 1. The number of alkyl carbamates (subject to hydrolysis) is 1. The van der Waals surface area contributed by atoms with Gasteiger partial charge in [0.25, 0.3) is 5.91 Å². The second-order valence-electron chi connectivity index (χ2n) is 11.4. The first-order chi connectivity index (χ1) is 20.0. The van der Waals surface area contributed by atoms with Crippen LogP contribution in [-0.2, 0) is 20.7 Å². The highest BCUT2D eigenvalue weighted by Gasteiger charge is 2.35. The maximum absolute atomic E-state index is 14.1. The monoisotopic (exact) mass is 599 g/mol. The summed E-state index contributed by atoms with van der Waals surface area (Å²) in [6.45, 7) is 9.86. The molecule has 2 aromatic rings. The van der Waals surface area contributed by atoms with Gasteiger partial charge < -0.3 is 25.0 Å². The molecule has 9 heteroatoms. The number of carbonyl (C=O) groups is 3. The number of ether oxygens (including phenoxy) is 2. The molecule has 0 aliphatic rings. The minimum atomic E-state index is -0.977. The van der Waals surface area contributed by atoms with Crippen molar-refractivity contribution < 1.29 is 23.9 Å². The predicted octanol–water partition coefficient (Wildman–Crippen LogP) is 6.95. The van der Waals surface area contributed by atoms with Crippen molar-refractivity contribution in [2.45, 2.75) is 97.2 Å². The number of methoxy groups -OCH3 is 1. The van der Waals surface area contributed by atoms with E-state index in [1.165, 1.54) is 6.42 Å². The Labute approximate surface area is 257 Å². The molecule has 0 heterocycles. The quantitative estimate of drug-likeness (QED) is 0.143. The van der Waals surface area contributed by atoms with E-state index >= 15 is 0 Å². The molecule has 0 saturated carbocycles. The average molecular weight is 600 g/mol. The molecule has 2 N–H and O–H groups in total. The first kappa shape index (κ1) is 35.0. The number of benzene rings is 2. The van der Waals surface area contributed by atoms with E-state index in [1.807, 2.05) is 24.3 Å². The summed E-state index contributed by atoms with van der Waals surface area (Å²) in [6.07, 6.45) is 6.29. The Hall–Kier alpha value is -3.20. The number of anilines is 1. The molecule has 0 aliphatic heterocycles. The van der Waals surface area contributed by atoms with Crippen LogP contribution in [0.3, 0.4) is 0 Å². The maximum atomic E-state index is 14.1. The van der Waals surface area contributed by atoms with Gasteiger partial charge in [0.1, 0.15) is 23.4 Å². The van der Waals surface area contributed by atoms with Crippen LogP contribution in [0.1, 0.15) is 90.3 Å². The van der Waals surface area contributed by atoms with Gasteiger partial charge in [-0.2, -0.15) is 12.6 Å². The van der Waals surface area contributed by atoms with Crippen molar-refractivity contribution >= 4 is 36.2 Å². The van der Waals surface area contributed by atoms with E-state index in [2.05, 4.69) is 37.1 Å². The first-order valence-electron chi connectivity index (χ1n) is 15.0. The summed E-state index contributed by atoms with van der Waals surface area (Å²) in [5.74, 6) is -0.0191. The van der Waals surface area contributed by atoms with Gasteiger partial charge in [0, 0.05) is 18.0 Å². The minimum Gasteiger partial charge on any atom is -0.497 e. The zero-order valence-corrected chi connectivity index (χ0v) is 27.0. The number of carbonyl (C=O) groups excluding carboxylic acids is 3. The largest absolute Gasteiger partial charge is 0.497 e. The lowest BCUT2D eigenvalue weighted by Crippen LogP contribution is -2.53. The predicted molar refractivity (Wildman–Crippen MR) is 172 cm³/mol. The molecule has 2 aromatic carbocycles. The lowest BCUT2D eigenvalue weighted by atomic mass is 10.00. The Morgan fingerprint density at radius 1 is 0.905 bits per heavy atom. The third-order valence-electron chi connectivity index (χ3n) is 6.83. The van der Waals surface area contributed by atoms with Crippen LogP contribution < -0.4 is 15.4 Å². The molecule has 3 amide bonds. The van der Waals surface area contributed by atoms with Gasteiger partial charge in [-0.3, -0.25) is 9.59 Å². The van der Waals surface area contributed by atoms with Crippen molar-refractivity contribution in [2.75, 3.05) is 24.7 Å². The molecule has 0 aliphatic carbocycles. The van der Waals surface area contributed by atoms with Crippen LogP contribution in [-0.4, -0.2) is 53.9 Å². The fourth-order valence-corrected chi connectivity index (χ4v) is 4.81. The number of hydrogen-bond acceptors (Lipinski definition) is 6. The second kappa shape index (κ2) is 17.7. The average Bonchev–Trinajstić information content (AvgIpc) is 2.96. The van der Waals surface area contributed by atoms with E-state index in [9.17, 15) is 14.4 Å². The van der Waals surface area contributed by atoms with E-state index in [0.29, 0.717) is 23.5 Å². The summed E-state index contributed by atoms with van der Waals surface area (Å²) in [5.41, 5.74) is 1.67. The van der Waals surface area contributed by atoms with Crippen molar-refractivity contribution in [1.82, 2.24) is 10.2 Å². The third-order valence-corrected chi connectivity index (χ3v) is 7.19. The number of aryl methyl sites for hydroxylation is 1. The summed E-state index contributed by atoms with van der Waals surface area (Å²) in [7, 11) is 1.58. The summed E-state index contributed by atoms with van der Waals surface area (Å²) >= 11 is 4.39. The molecule has 2 atom stereocenters. The molecule has 0 bridgehead atoms. The zero-order chi connectivity index (χ0) is 31.1. The third kappa shape index (κ3) is 11.6. The fourth-order valence-electron chi connectivity index (χ4n) is 4.56. The van der Waals surface area contributed by atoms with Crippen molar-refractivity contribution in [1.29, 1.82) is 0 Å². The van der Waals surface area contributed by atoms with Crippen LogP contribution in [0.15, 0.2) is 48.5 Å². The van der Waals surface area contributed by atoms with E-state index < -0.39 is 23.8 Å². The number of unbranched alkanes of at least 4 members (excludes halogenated alkanes) is 5. The summed E-state index contributed by atoms with van der Waals surface area (Å²) in [4.78, 5) is 42.3. The summed E-state index contributed by atoms with van der Waals surface area (Å²) in [5, 5.41) is 5.66. The molecular formula is C33H49N3O5S. The molecule has 2 rings (SSSR count). The van der Waals surface area contributed by atoms with Gasteiger partial charge in [0.2, 0.25) is 5.91 Å². The fraction of sp³-hybridized carbons (Fsp3) is 0.545. The van der Waals surface area contributed by atoms with Gasteiger partial charge in [0.15, 0.2) is 0 Å². The van der Waals surface area contributed by atoms with Crippen molar-refractivity contribution in [3.63, 3.8) is 0 Å². The molecule has 232 valence electrons. The van der Waals surface area contributed by atoms with Gasteiger partial charge in [-0.15, -0.1) is 0 Å². The summed E-state index contributed by atoms with van der Waals surface area (Å²) < 4.78 is 10.7. The van der Waals surface area contributed by atoms with Gasteiger partial charge in [-0.05, 0) is 69.0 Å². The number of nitrogens with one attached hydrogen (secondary N) is 2. The minimum absolute atomic E-state index is 0.0483. The van der Waals surface area contributed by atoms with Crippen LogP contribution in [0.25, 0.3) is 0 Å². The summed E-state index contributed by atoms with van der Waals surface area (Å²) in [6, 6.07) is 12.9. The van der Waals surface area contributed by atoms with Gasteiger partial charge in [0.05, 0.1) is 7.11 Å². The Bertz CT molecular complexity index is 1120. The molecular weight excluding hydrogens is 550 g/mol. The lowest BCUT2D eigenvalue weighted by Gasteiger charge is -2.34. The number of amides is 3. The number of hydrogen-bond donors (Lipinski definition) is 3. The van der Waals surface area contributed by atoms with E-state index in [4.69, 9.17) is 9.47 Å². The molecule has 0 fully saturated rings. The zero-order valence-electron chi connectivity index (χ0n) is 26.1. The maximum Gasteiger partial charge on any atom is 0.408 e. The highest BCUT2D eigenvalue weighted by molar-refractivity contribution is 7.80. The topological polar surface area (TPSA) is 97.0 Å². The second-order valence-corrected chi connectivity index (χ2v) is 11.8. The van der Waals surface area contributed by atoms with Gasteiger partial charge in [-0.1, -0.05) is 70.2 Å². The Morgan fingerprint density at radius 3 is 2.07 bits per heavy atom. The van der Waals surface area contributed by atoms with Crippen molar-refractivity contribution in [3.8, 4) is 5.75 Å². The van der Waals surface area contributed by atoms with Crippen molar-refractivity contribution in [3.05, 3.63) is 59.7 Å². The van der Waals surface area contributed by atoms with E-state index in [1.54, 1.807) is 57.0 Å². The molecule has 0 radical (unpaired) electrons. The molecule has 0 spiro atoms. The first-order valence-corrected chi connectivity index (χ1v) is 15.6. The Balaban J connectivity index is 2.45. The van der Waals surface area contributed by atoms with Crippen molar-refractivity contribution in [2.24, 2.45) is 0 Å². The number of rotatable bonds is 16. The number of thiol groups is 1. The molecule has 8 nitrogen and oxygen atoms in total.